The molecule has 168 valence electrons. The van der Waals surface area contributed by atoms with E-state index in [0.717, 1.165) is 19.3 Å². The Kier molecular flexibility index (Phi) is 7.13. The predicted octanol–water partition coefficient (Wildman–Crippen LogP) is 3.43. The smallest absolute Gasteiger partial charge is 0.338 e. The number of benzene rings is 1. The lowest BCUT2D eigenvalue weighted by Gasteiger charge is -2.34. The molecule has 1 N–H and O–H groups in total. The van der Waals surface area contributed by atoms with E-state index in [9.17, 15) is 19.2 Å². The van der Waals surface area contributed by atoms with Gasteiger partial charge in [-0.2, -0.15) is 0 Å². The van der Waals surface area contributed by atoms with Crippen molar-refractivity contribution in [3.63, 3.8) is 0 Å². The lowest BCUT2D eigenvalue weighted by molar-refractivity contribution is -0.125. The number of amides is 3. The highest BCUT2D eigenvalue weighted by atomic mass is 16.5. The summed E-state index contributed by atoms with van der Waals surface area (Å²) in [5.74, 6) is -0.457. The number of imide groups is 1. The summed E-state index contributed by atoms with van der Waals surface area (Å²) in [7, 11) is 0. The summed E-state index contributed by atoms with van der Waals surface area (Å²) >= 11 is 0. The molecule has 1 aromatic carbocycles. The van der Waals surface area contributed by atoms with E-state index in [-0.39, 0.29) is 35.6 Å². The van der Waals surface area contributed by atoms with Gasteiger partial charge in [-0.15, -0.1) is 0 Å². The molecule has 31 heavy (non-hydrogen) atoms. The molecule has 0 radical (unpaired) electrons. The summed E-state index contributed by atoms with van der Waals surface area (Å²) in [6, 6.07) is 4.42. The van der Waals surface area contributed by atoms with Crippen molar-refractivity contribution in [1.82, 2.24) is 10.2 Å². The van der Waals surface area contributed by atoms with Crippen molar-refractivity contribution in [3.05, 3.63) is 34.9 Å². The number of ether oxygens (including phenoxy) is 1. The highest BCUT2D eigenvalue weighted by molar-refractivity contribution is 6.22. The average molecular weight is 429 g/mol. The first-order valence-electron chi connectivity index (χ1n) is 11.2. The zero-order valence-corrected chi connectivity index (χ0v) is 18.8. The third kappa shape index (κ3) is 5.14. The van der Waals surface area contributed by atoms with Gasteiger partial charge >= 0.3 is 5.97 Å². The zero-order valence-electron chi connectivity index (χ0n) is 18.8. The zero-order chi connectivity index (χ0) is 22.7. The molecule has 2 aliphatic rings. The quantitative estimate of drug-likeness (QED) is 0.531. The van der Waals surface area contributed by atoms with Crippen LogP contribution in [0.15, 0.2) is 18.2 Å². The van der Waals surface area contributed by atoms with Crippen molar-refractivity contribution in [2.45, 2.75) is 59.4 Å². The Hall–Kier alpha value is -2.70. The third-order valence-electron chi connectivity index (χ3n) is 6.52. The van der Waals surface area contributed by atoms with Crippen LogP contribution in [0.4, 0.5) is 0 Å². The largest absolute Gasteiger partial charge is 0.452 e. The molecule has 3 amide bonds. The summed E-state index contributed by atoms with van der Waals surface area (Å²) < 4.78 is 5.16. The van der Waals surface area contributed by atoms with E-state index < -0.39 is 11.9 Å². The van der Waals surface area contributed by atoms with E-state index in [0.29, 0.717) is 36.3 Å². The second kappa shape index (κ2) is 9.62. The summed E-state index contributed by atoms with van der Waals surface area (Å²) in [4.78, 5) is 51.0. The van der Waals surface area contributed by atoms with Crippen molar-refractivity contribution in [2.24, 2.45) is 17.8 Å². The lowest BCUT2D eigenvalue weighted by atomic mass is 9.78. The second-order valence-electron chi connectivity index (χ2n) is 9.22. The number of carbonyl (C=O) groups is 4. The molecule has 7 heteroatoms. The van der Waals surface area contributed by atoms with Crippen LogP contribution in [-0.4, -0.2) is 47.8 Å². The molecule has 1 aromatic rings. The van der Waals surface area contributed by atoms with Crippen molar-refractivity contribution in [1.29, 1.82) is 0 Å². The van der Waals surface area contributed by atoms with E-state index >= 15 is 0 Å². The van der Waals surface area contributed by atoms with E-state index in [4.69, 9.17) is 4.74 Å². The van der Waals surface area contributed by atoms with E-state index in [1.54, 1.807) is 0 Å². The van der Waals surface area contributed by atoms with Crippen LogP contribution in [0, 0.1) is 17.8 Å². The number of hydrogen-bond donors (Lipinski definition) is 1. The van der Waals surface area contributed by atoms with Crippen LogP contribution < -0.4 is 5.32 Å². The molecule has 1 fully saturated rings. The number of hydrogen-bond acceptors (Lipinski definition) is 5. The minimum Gasteiger partial charge on any atom is -0.452 e. The molecule has 0 bridgehead atoms. The van der Waals surface area contributed by atoms with Gasteiger partial charge in [0, 0.05) is 12.6 Å². The lowest BCUT2D eigenvalue weighted by Crippen LogP contribution is -2.45. The summed E-state index contributed by atoms with van der Waals surface area (Å²) in [5, 5.41) is 2.97. The van der Waals surface area contributed by atoms with Crippen molar-refractivity contribution in [3.8, 4) is 0 Å². The van der Waals surface area contributed by atoms with Gasteiger partial charge < -0.3 is 10.1 Å². The first-order valence-corrected chi connectivity index (χ1v) is 11.2. The molecule has 3 atom stereocenters. The Morgan fingerprint density at radius 3 is 2.55 bits per heavy atom. The predicted molar refractivity (Wildman–Crippen MR) is 116 cm³/mol. The first kappa shape index (κ1) is 23.0. The molecule has 3 rings (SSSR count). The molecule has 0 saturated heterocycles. The van der Waals surface area contributed by atoms with Gasteiger partial charge in [-0.1, -0.05) is 40.5 Å². The van der Waals surface area contributed by atoms with Crippen LogP contribution in [0.3, 0.4) is 0 Å². The Morgan fingerprint density at radius 2 is 1.84 bits per heavy atom. The normalized spacial score (nSPS) is 23.1. The molecule has 7 nitrogen and oxygen atoms in total. The second-order valence-corrected chi connectivity index (χ2v) is 9.22. The molecule has 1 aliphatic heterocycles. The average Bonchev–Trinajstić information content (AvgIpc) is 2.97. The van der Waals surface area contributed by atoms with Gasteiger partial charge in [-0.25, -0.2) is 4.79 Å². The topological polar surface area (TPSA) is 92.8 Å². The Balaban J connectivity index is 1.58. The Labute approximate surface area is 183 Å². The van der Waals surface area contributed by atoms with Gasteiger partial charge in [0.25, 0.3) is 17.7 Å². The van der Waals surface area contributed by atoms with Crippen LogP contribution in [-0.2, 0) is 9.53 Å². The number of esters is 1. The van der Waals surface area contributed by atoms with Gasteiger partial charge in [-0.05, 0) is 48.8 Å². The van der Waals surface area contributed by atoms with E-state index in [1.165, 1.54) is 23.1 Å². The molecule has 0 aromatic heterocycles. The number of nitrogens with zero attached hydrogens (tertiary/aromatic N) is 1. The fourth-order valence-electron chi connectivity index (χ4n) is 4.26. The minimum absolute atomic E-state index is 0.0930. The molecule has 0 spiro atoms. The minimum atomic E-state index is -0.691. The fourth-order valence-corrected chi connectivity index (χ4v) is 4.26. The summed E-state index contributed by atoms with van der Waals surface area (Å²) in [5.41, 5.74) is 0.652. The molecular formula is C24H32N2O5. The maximum atomic E-state index is 12.6. The van der Waals surface area contributed by atoms with Gasteiger partial charge in [0.05, 0.1) is 16.7 Å². The summed E-state index contributed by atoms with van der Waals surface area (Å²) in [6.07, 6.45) is 3.89. The molecular weight excluding hydrogens is 396 g/mol. The van der Waals surface area contributed by atoms with Gasteiger partial charge in [-0.3, -0.25) is 19.3 Å². The number of carbonyl (C=O) groups excluding carboxylic acids is 4. The van der Waals surface area contributed by atoms with Gasteiger partial charge in [0.2, 0.25) is 0 Å². The van der Waals surface area contributed by atoms with Crippen LogP contribution in [0.25, 0.3) is 0 Å². The standard InChI is InChI=1S/C24H32N2O5/c1-14(2)10-11-26-22(28)18-9-8-17(12-19(18)23(26)29)24(30)31-13-21(27)25-20-7-5-6-15(3)16(20)4/h8-9,12,14-16,20H,5-7,10-11,13H2,1-4H3,(H,25,27). The number of fused-ring (bicyclic) bond motifs is 1. The van der Waals surface area contributed by atoms with E-state index in [1.807, 2.05) is 13.8 Å². The van der Waals surface area contributed by atoms with Crippen LogP contribution in [0.5, 0.6) is 0 Å². The van der Waals surface area contributed by atoms with E-state index in [2.05, 4.69) is 19.2 Å². The number of rotatable bonds is 7. The van der Waals surface area contributed by atoms with Crippen LogP contribution in [0.2, 0.25) is 0 Å². The molecule has 1 aliphatic carbocycles. The maximum absolute atomic E-state index is 12.6. The van der Waals surface area contributed by atoms with Crippen LogP contribution >= 0.6 is 0 Å². The maximum Gasteiger partial charge on any atom is 0.338 e. The molecule has 1 heterocycles. The Bertz CT molecular complexity index is 879. The first-order chi connectivity index (χ1) is 14.7. The fraction of sp³-hybridized carbons (Fsp3) is 0.583. The third-order valence-corrected chi connectivity index (χ3v) is 6.52. The highest BCUT2D eigenvalue weighted by Crippen LogP contribution is 2.29. The van der Waals surface area contributed by atoms with Crippen molar-refractivity contribution < 1.29 is 23.9 Å². The van der Waals surface area contributed by atoms with Gasteiger partial charge in [0.15, 0.2) is 6.61 Å². The molecule has 1 saturated carbocycles. The number of nitrogens with one attached hydrogen (secondary N) is 1. The van der Waals surface area contributed by atoms with Crippen LogP contribution in [0.1, 0.15) is 84.5 Å². The van der Waals surface area contributed by atoms with Crippen molar-refractivity contribution >= 4 is 23.7 Å². The molecule has 3 unspecified atom stereocenters. The highest BCUT2D eigenvalue weighted by Gasteiger charge is 2.36. The van der Waals surface area contributed by atoms with Gasteiger partial charge in [0.1, 0.15) is 0 Å². The van der Waals surface area contributed by atoms with Crippen molar-refractivity contribution in [2.75, 3.05) is 13.2 Å². The monoisotopic (exact) mass is 428 g/mol. The SMILES string of the molecule is CC(C)CCN1C(=O)c2ccc(C(=O)OCC(=O)NC3CCCC(C)C3C)cc2C1=O. The summed E-state index contributed by atoms with van der Waals surface area (Å²) in [6.45, 7) is 8.35. The Morgan fingerprint density at radius 1 is 1.13 bits per heavy atom.